The number of nitrogens with one attached hydrogen (secondary N) is 2. The SMILES string of the molecule is COc1ccc(NC(=O)C(C)(C)C(=O)NC(C)C)cc1OC. The Morgan fingerprint density at radius 1 is 1.05 bits per heavy atom. The van der Waals surface area contributed by atoms with Crippen molar-refractivity contribution >= 4 is 17.5 Å². The molecule has 22 heavy (non-hydrogen) atoms. The summed E-state index contributed by atoms with van der Waals surface area (Å²) in [6.07, 6.45) is 0. The van der Waals surface area contributed by atoms with Gasteiger partial charge in [0.25, 0.3) is 0 Å². The van der Waals surface area contributed by atoms with E-state index in [9.17, 15) is 9.59 Å². The number of anilines is 1. The van der Waals surface area contributed by atoms with E-state index >= 15 is 0 Å². The second-order valence-electron chi connectivity index (χ2n) is 5.78. The van der Waals surface area contributed by atoms with Crippen LogP contribution in [0.25, 0.3) is 0 Å². The molecule has 0 aliphatic rings. The minimum absolute atomic E-state index is 0.0272. The average molecular weight is 308 g/mol. The van der Waals surface area contributed by atoms with Gasteiger partial charge in [-0.3, -0.25) is 9.59 Å². The molecule has 0 saturated heterocycles. The number of benzene rings is 1. The van der Waals surface area contributed by atoms with Crippen LogP contribution in [0.5, 0.6) is 11.5 Å². The number of amides is 2. The summed E-state index contributed by atoms with van der Waals surface area (Å²) < 4.78 is 10.3. The molecular formula is C16H24N2O4. The summed E-state index contributed by atoms with van der Waals surface area (Å²) in [6, 6.07) is 5.00. The van der Waals surface area contributed by atoms with Gasteiger partial charge in [0.2, 0.25) is 11.8 Å². The van der Waals surface area contributed by atoms with Crippen molar-refractivity contribution < 1.29 is 19.1 Å². The van der Waals surface area contributed by atoms with Crippen molar-refractivity contribution in [3.63, 3.8) is 0 Å². The van der Waals surface area contributed by atoms with Crippen molar-refractivity contribution in [3.8, 4) is 11.5 Å². The second-order valence-corrected chi connectivity index (χ2v) is 5.78. The molecule has 2 amide bonds. The van der Waals surface area contributed by atoms with E-state index in [1.54, 1.807) is 32.0 Å². The van der Waals surface area contributed by atoms with E-state index in [1.165, 1.54) is 14.2 Å². The Morgan fingerprint density at radius 3 is 2.14 bits per heavy atom. The summed E-state index contributed by atoms with van der Waals surface area (Å²) in [5, 5.41) is 5.47. The number of hydrogen-bond donors (Lipinski definition) is 2. The minimum Gasteiger partial charge on any atom is -0.493 e. The number of ether oxygens (including phenoxy) is 2. The van der Waals surface area contributed by atoms with Gasteiger partial charge in [-0.2, -0.15) is 0 Å². The van der Waals surface area contributed by atoms with Gasteiger partial charge in [-0.1, -0.05) is 0 Å². The summed E-state index contributed by atoms with van der Waals surface area (Å²) in [7, 11) is 3.05. The third-order valence-electron chi connectivity index (χ3n) is 3.20. The van der Waals surface area contributed by atoms with E-state index < -0.39 is 11.3 Å². The normalized spacial score (nSPS) is 11.0. The van der Waals surface area contributed by atoms with Crippen LogP contribution in [0, 0.1) is 5.41 Å². The first-order valence-electron chi connectivity index (χ1n) is 7.06. The molecule has 0 unspecified atom stereocenters. The third-order valence-corrected chi connectivity index (χ3v) is 3.20. The van der Waals surface area contributed by atoms with E-state index in [0.29, 0.717) is 17.2 Å². The lowest BCUT2D eigenvalue weighted by molar-refractivity contribution is -0.138. The van der Waals surface area contributed by atoms with Crippen molar-refractivity contribution in [1.82, 2.24) is 5.32 Å². The lowest BCUT2D eigenvalue weighted by Gasteiger charge is -2.24. The van der Waals surface area contributed by atoms with Crippen LogP contribution >= 0.6 is 0 Å². The average Bonchev–Trinajstić information content (AvgIpc) is 2.46. The Kier molecular flexibility index (Phi) is 5.79. The van der Waals surface area contributed by atoms with Gasteiger partial charge in [0, 0.05) is 17.8 Å². The van der Waals surface area contributed by atoms with Crippen LogP contribution in [-0.4, -0.2) is 32.1 Å². The summed E-state index contributed by atoms with van der Waals surface area (Å²) >= 11 is 0. The van der Waals surface area contributed by atoms with E-state index in [4.69, 9.17) is 9.47 Å². The van der Waals surface area contributed by atoms with E-state index in [2.05, 4.69) is 10.6 Å². The third kappa shape index (κ3) is 4.13. The zero-order valence-electron chi connectivity index (χ0n) is 13.9. The summed E-state index contributed by atoms with van der Waals surface area (Å²) in [5.74, 6) is 0.361. The van der Waals surface area contributed by atoms with Crippen molar-refractivity contribution in [2.45, 2.75) is 33.7 Å². The molecule has 0 fully saturated rings. The Hall–Kier alpha value is -2.24. The molecule has 0 saturated carbocycles. The van der Waals surface area contributed by atoms with Gasteiger partial charge in [0.15, 0.2) is 11.5 Å². The number of methoxy groups -OCH3 is 2. The number of carbonyl (C=O) groups is 2. The predicted molar refractivity (Wildman–Crippen MR) is 85.2 cm³/mol. The lowest BCUT2D eigenvalue weighted by Crippen LogP contribution is -2.47. The van der Waals surface area contributed by atoms with Gasteiger partial charge < -0.3 is 20.1 Å². The van der Waals surface area contributed by atoms with Crippen LogP contribution in [0.15, 0.2) is 18.2 Å². The number of carbonyl (C=O) groups excluding carboxylic acids is 2. The maximum Gasteiger partial charge on any atom is 0.239 e. The van der Waals surface area contributed by atoms with Crippen LogP contribution in [0.3, 0.4) is 0 Å². The first-order valence-corrected chi connectivity index (χ1v) is 7.06. The summed E-state index contributed by atoms with van der Waals surface area (Å²) in [6.45, 7) is 6.86. The summed E-state index contributed by atoms with van der Waals surface area (Å²) in [5.41, 5.74) is -0.648. The van der Waals surface area contributed by atoms with Gasteiger partial charge in [-0.15, -0.1) is 0 Å². The molecular weight excluding hydrogens is 284 g/mol. The molecule has 0 bridgehead atoms. The molecule has 0 radical (unpaired) electrons. The minimum atomic E-state index is -1.18. The quantitative estimate of drug-likeness (QED) is 0.790. The van der Waals surface area contributed by atoms with Crippen LogP contribution in [0.4, 0.5) is 5.69 Å². The molecule has 0 aliphatic carbocycles. The highest BCUT2D eigenvalue weighted by Gasteiger charge is 2.36. The maximum absolute atomic E-state index is 12.4. The zero-order chi connectivity index (χ0) is 16.9. The van der Waals surface area contributed by atoms with Gasteiger partial charge in [0.05, 0.1) is 14.2 Å². The predicted octanol–water partition coefficient (Wildman–Crippen LogP) is 2.19. The molecule has 2 N–H and O–H groups in total. The Bertz CT molecular complexity index is 553. The van der Waals surface area contributed by atoms with Crippen LogP contribution in [0.1, 0.15) is 27.7 Å². The van der Waals surface area contributed by atoms with Gasteiger partial charge >= 0.3 is 0 Å². The Labute approximate surface area is 131 Å². The molecule has 6 nitrogen and oxygen atoms in total. The monoisotopic (exact) mass is 308 g/mol. The molecule has 0 aliphatic heterocycles. The first kappa shape index (κ1) is 17.8. The fourth-order valence-corrected chi connectivity index (χ4v) is 1.75. The molecule has 0 aromatic heterocycles. The van der Waals surface area contributed by atoms with Crippen molar-refractivity contribution in [1.29, 1.82) is 0 Å². The highest BCUT2D eigenvalue weighted by molar-refractivity contribution is 6.10. The van der Waals surface area contributed by atoms with Gasteiger partial charge in [-0.25, -0.2) is 0 Å². The van der Waals surface area contributed by atoms with Crippen molar-refractivity contribution in [2.75, 3.05) is 19.5 Å². The molecule has 1 rings (SSSR count). The molecule has 6 heteroatoms. The Morgan fingerprint density at radius 2 is 1.64 bits per heavy atom. The lowest BCUT2D eigenvalue weighted by atomic mass is 9.90. The fourth-order valence-electron chi connectivity index (χ4n) is 1.75. The summed E-state index contributed by atoms with van der Waals surface area (Å²) in [4.78, 5) is 24.5. The molecule has 0 atom stereocenters. The zero-order valence-corrected chi connectivity index (χ0v) is 13.9. The fraction of sp³-hybridized carbons (Fsp3) is 0.500. The highest BCUT2D eigenvalue weighted by Crippen LogP contribution is 2.30. The number of rotatable bonds is 6. The molecule has 1 aromatic rings. The van der Waals surface area contributed by atoms with Crippen molar-refractivity contribution in [3.05, 3.63) is 18.2 Å². The topological polar surface area (TPSA) is 76.7 Å². The Balaban J connectivity index is 2.90. The highest BCUT2D eigenvalue weighted by atomic mass is 16.5. The maximum atomic E-state index is 12.4. The van der Waals surface area contributed by atoms with E-state index in [-0.39, 0.29) is 11.9 Å². The first-order chi connectivity index (χ1) is 10.2. The van der Waals surface area contributed by atoms with Crippen LogP contribution in [0.2, 0.25) is 0 Å². The van der Waals surface area contributed by atoms with Gasteiger partial charge in [0.1, 0.15) is 5.41 Å². The standard InChI is InChI=1S/C16H24N2O4/c1-10(2)17-14(19)16(3,4)15(20)18-11-7-8-12(21-5)13(9-11)22-6/h7-10H,1-6H3,(H,17,19)(H,18,20). The van der Waals surface area contributed by atoms with E-state index in [1.807, 2.05) is 13.8 Å². The molecule has 122 valence electrons. The van der Waals surface area contributed by atoms with Crippen LogP contribution in [-0.2, 0) is 9.59 Å². The van der Waals surface area contributed by atoms with Crippen LogP contribution < -0.4 is 20.1 Å². The van der Waals surface area contributed by atoms with Gasteiger partial charge in [-0.05, 0) is 39.8 Å². The van der Waals surface area contributed by atoms with E-state index in [0.717, 1.165) is 0 Å². The second kappa shape index (κ2) is 7.15. The largest absolute Gasteiger partial charge is 0.493 e. The smallest absolute Gasteiger partial charge is 0.239 e. The molecule has 0 heterocycles. The molecule has 1 aromatic carbocycles. The number of hydrogen-bond acceptors (Lipinski definition) is 4. The van der Waals surface area contributed by atoms with Crippen molar-refractivity contribution in [2.24, 2.45) is 5.41 Å². The molecule has 0 spiro atoms.